The molecule has 2 unspecified atom stereocenters. The average molecular weight is 285 g/mol. The summed E-state index contributed by atoms with van der Waals surface area (Å²) in [6.45, 7) is 9.02. The second-order valence-electron chi connectivity index (χ2n) is 6.46. The van der Waals surface area contributed by atoms with Crippen molar-refractivity contribution in [3.63, 3.8) is 0 Å². The molecule has 1 aliphatic rings. The van der Waals surface area contributed by atoms with E-state index in [4.69, 9.17) is 0 Å². The van der Waals surface area contributed by atoms with Crippen LogP contribution in [-0.2, 0) is 0 Å². The van der Waals surface area contributed by atoms with Gasteiger partial charge < -0.3 is 20.2 Å². The fourth-order valence-electron chi connectivity index (χ4n) is 3.36. The highest BCUT2D eigenvalue weighted by molar-refractivity contribution is 4.86. The van der Waals surface area contributed by atoms with Crippen LogP contribution in [0.15, 0.2) is 0 Å². The first-order chi connectivity index (χ1) is 9.56. The molecule has 4 heteroatoms. The Morgan fingerprint density at radius 1 is 1.40 bits per heavy atom. The molecule has 1 rings (SSSR count). The topological polar surface area (TPSA) is 38.7 Å². The van der Waals surface area contributed by atoms with Crippen LogP contribution in [-0.4, -0.2) is 73.4 Å². The lowest BCUT2D eigenvalue weighted by molar-refractivity contribution is 0.117. The third-order valence-corrected chi connectivity index (χ3v) is 4.92. The summed E-state index contributed by atoms with van der Waals surface area (Å²) in [5.74, 6) is 0. The molecule has 0 spiro atoms. The van der Waals surface area contributed by atoms with E-state index in [1.54, 1.807) is 0 Å². The van der Waals surface area contributed by atoms with E-state index < -0.39 is 0 Å². The summed E-state index contributed by atoms with van der Waals surface area (Å²) in [6.07, 6.45) is 5.84. The molecule has 0 aromatic rings. The largest absolute Gasteiger partial charge is 0.394 e. The zero-order valence-corrected chi connectivity index (χ0v) is 14.0. The Hall–Kier alpha value is -0.160. The van der Waals surface area contributed by atoms with Crippen molar-refractivity contribution in [3.8, 4) is 0 Å². The fraction of sp³-hybridized carbons (Fsp3) is 1.00. The smallest absolute Gasteiger partial charge is 0.0613 e. The van der Waals surface area contributed by atoms with Gasteiger partial charge in [-0.1, -0.05) is 13.8 Å². The molecule has 0 aromatic carbocycles. The Kier molecular flexibility index (Phi) is 8.03. The summed E-state index contributed by atoms with van der Waals surface area (Å²) in [5.41, 5.74) is -0.0705. The Labute approximate surface area is 125 Å². The molecule has 1 aliphatic heterocycles. The van der Waals surface area contributed by atoms with Crippen LogP contribution in [0, 0.1) is 0 Å². The summed E-state index contributed by atoms with van der Waals surface area (Å²) < 4.78 is 0. The van der Waals surface area contributed by atoms with Gasteiger partial charge in [0.15, 0.2) is 0 Å². The van der Waals surface area contributed by atoms with Gasteiger partial charge in [0, 0.05) is 18.1 Å². The highest BCUT2D eigenvalue weighted by atomic mass is 16.3. The number of hydrogen-bond acceptors (Lipinski definition) is 4. The van der Waals surface area contributed by atoms with E-state index in [-0.39, 0.29) is 12.1 Å². The minimum atomic E-state index is -0.0705. The summed E-state index contributed by atoms with van der Waals surface area (Å²) >= 11 is 0. The summed E-state index contributed by atoms with van der Waals surface area (Å²) in [7, 11) is 4.47. The maximum Gasteiger partial charge on any atom is 0.0613 e. The molecular formula is C16H35N3O. The Balaban J connectivity index is 2.34. The van der Waals surface area contributed by atoms with Crippen molar-refractivity contribution in [1.82, 2.24) is 15.1 Å². The van der Waals surface area contributed by atoms with E-state index in [1.807, 2.05) is 0 Å². The van der Waals surface area contributed by atoms with Crippen LogP contribution in [0.25, 0.3) is 0 Å². The van der Waals surface area contributed by atoms with Gasteiger partial charge in [-0.05, 0) is 65.8 Å². The monoisotopic (exact) mass is 285 g/mol. The number of hydrogen-bond donors (Lipinski definition) is 2. The van der Waals surface area contributed by atoms with Gasteiger partial charge in [0.25, 0.3) is 0 Å². The zero-order chi connectivity index (χ0) is 15.0. The molecule has 0 amide bonds. The number of aliphatic hydroxyl groups is 1. The van der Waals surface area contributed by atoms with E-state index in [0.29, 0.717) is 6.04 Å². The number of nitrogens with one attached hydrogen (secondary N) is 1. The number of rotatable bonds is 9. The second-order valence-corrected chi connectivity index (χ2v) is 6.46. The van der Waals surface area contributed by atoms with Gasteiger partial charge in [-0.2, -0.15) is 0 Å². The average Bonchev–Trinajstić information content (AvgIpc) is 2.46. The minimum absolute atomic E-state index is 0.0705. The van der Waals surface area contributed by atoms with Crippen LogP contribution in [0.3, 0.4) is 0 Å². The minimum Gasteiger partial charge on any atom is -0.394 e. The van der Waals surface area contributed by atoms with Crippen LogP contribution >= 0.6 is 0 Å². The predicted octanol–water partition coefficient (Wildman–Crippen LogP) is 1.54. The summed E-state index contributed by atoms with van der Waals surface area (Å²) in [4.78, 5) is 4.95. The maximum absolute atomic E-state index is 9.67. The molecule has 120 valence electrons. The molecule has 20 heavy (non-hydrogen) atoms. The van der Waals surface area contributed by atoms with Gasteiger partial charge in [-0.15, -0.1) is 0 Å². The van der Waals surface area contributed by atoms with Crippen molar-refractivity contribution in [2.24, 2.45) is 0 Å². The number of likely N-dealkylation sites (N-methyl/N-ethyl adjacent to an activating group) is 3. The Morgan fingerprint density at radius 2 is 2.15 bits per heavy atom. The van der Waals surface area contributed by atoms with Gasteiger partial charge >= 0.3 is 0 Å². The van der Waals surface area contributed by atoms with Crippen molar-refractivity contribution in [2.75, 3.05) is 46.9 Å². The van der Waals surface area contributed by atoms with E-state index in [1.165, 1.54) is 25.9 Å². The highest BCUT2D eigenvalue weighted by Crippen LogP contribution is 2.19. The van der Waals surface area contributed by atoms with Gasteiger partial charge in [-0.3, -0.25) is 0 Å². The molecule has 0 aliphatic carbocycles. The Morgan fingerprint density at radius 3 is 2.70 bits per heavy atom. The van der Waals surface area contributed by atoms with Crippen molar-refractivity contribution in [2.45, 2.75) is 57.5 Å². The molecule has 1 heterocycles. The van der Waals surface area contributed by atoms with Gasteiger partial charge in [0.1, 0.15) is 0 Å². The standard InChI is InChI=1S/C16H35N3O/c1-5-16(14-20,17-6-2)10-8-12-19(4)15-9-7-11-18(3)13-15/h15,17,20H,5-14H2,1-4H3. The number of nitrogens with zero attached hydrogens (tertiary/aromatic N) is 2. The highest BCUT2D eigenvalue weighted by Gasteiger charge is 2.26. The second kappa shape index (κ2) is 8.98. The quantitative estimate of drug-likeness (QED) is 0.674. The molecular weight excluding hydrogens is 250 g/mol. The molecule has 4 nitrogen and oxygen atoms in total. The third-order valence-electron chi connectivity index (χ3n) is 4.92. The van der Waals surface area contributed by atoms with Crippen molar-refractivity contribution in [1.29, 1.82) is 0 Å². The van der Waals surface area contributed by atoms with Gasteiger partial charge in [-0.25, -0.2) is 0 Å². The van der Waals surface area contributed by atoms with Crippen LogP contribution in [0.4, 0.5) is 0 Å². The van der Waals surface area contributed by atoms with E-state index in [9.17, 15) is 5.11 Å². The molecule has 1 fully saturated rings. The molecule has 2 atom stereocenters. The SMILES string of the molecule is CCNC(CC)(CO)CCCN(C)C1CCCN(C)C1. The molecule has 0 radical (unpaired) electrons. The van der Waals surface area contributed by atoms with Crippen molar-refractivity contribution < 1.29 is 5.11 Å². The van der Waals surface area contributed by atoms with Crippen LogP contribution < -0.4 is 5.32 Å². The first-order valence-electron chi connectivity index (χ1n) is 8.31. The van der Waals surface area contributed by atoms with Gasteiger partial charge in [0.05, 0.1) is 6.61 Å². The van der Waals surface area contributed by atoms with E-state index in [0.717, 1.165) is 32.4 Å². The molecule has 0 aromatic heterocycles. The number of likely N-dealkylation sites (tertiary alicyclic amines) is 1. The number of piperidine rings is 1. The molecule has 1 saturated heterocycles. The first kappa shape index (κ1) is 17.9. The lowest BCUT2D eigenvalue weighted by Gasteiger charge is -2.37. The van der Waals surface area contributed by atoms with Crippen LogP contribution in [0.1, 0.15) is 46.0 Å². The van der Waals surface area contributed by atoms with Crippen LogP contribution in [0.2, 0.25) is 0 Å². The van der Waals surface area contributed by atoms with E-state index in [2.05, 4.69) is 43.1 Å². The summed E-state index contributed by atoms with van der Waals surface area (Å²) in [5, 5.41) is 13.2. The normalized spacial score (nSPS) is 24.0. The molecule has 0 bridgehead atoms. The molecule has 0 saturated carbocycles. The van der Waals surface area contributed by atoms with Crippen molar-refractivity contribution in [3.05, 3.63) is 0 Å². The number of aliphatic hydroxyl groups excluding tert-OH is 1. The predicted molar refractivity (Wildman–Crippen MR) is 86.2 cm³/mol. The summed E-state index contributed by atoms with van der Waals surface area (Å²) in [6, 6.07) is 0.707. The fourth-order valence-corrected chi connectivity index (χ4v) is 3.36. The molecule has 2 N–H and O–H groups in total. The maximum atomic E-state index is 9.67. The lowest BCUT2D eigenvalue weighted by Crippen LogP contribution is -2.49. The van der Waals surface area contributed by atoms with Crippen molar-refractivity contribution >= 4 is 0 Å². The van der Waals surface area contributed by atoms with Crippen LogP contribution in [0.5, 0.6) is 0 Å². The van der Waals surface area contributed by atoms with Gasteiger partial charge in [0.2, 0.25) is 0 Å². The zero-order valence-electron chi connectivity index (χ0n) is 14.0. The van der Waals surface area contributed by atoms with E-state index >= 15 is 0 Å². The Bertz CT molecular complexity index is 256. The first-order valence-corrected chi connectivity index (χ1v) is 8.31. The third kappa shape index (κ3) is 5.32. The lowest BCUT2D eigenvalue weighted by atomic mass is 9.91.